The van der Waals surface area contributed by atoms with E-state index in [4.69, 9.17) is 0 Å². The number of nitrogens with one attached hydrogen (secondary N) is 1. The topological polar surface area (TPSA) is 52.6 Å². The van der Waals surface area contributed by atoms with Crippen molar-refractivity contribution in [2.45, 2.75) is 77.8 Å². The maximum atomic E-state index is 13.3. The molecule has 2 aliphatic heterocycles. The lowest BCUT2D eigenvalue weighted by molar-refractivity contribution is -0.135. The largest absolute Gasteiger partial charge is 0.326 e. The smallest absolute Gasteiger partial charge is 0.323 e. The van der Waals surface area contributed by atoms with E-state index in [1.54, 1.807) is 0 Å². The average Bonchev–Trinajstić information content (AvgIpc) is 3.20. The Morgan fingerprint density at radius 1 is 1.25 bits per heavy atom. The van der Waals surface area contributed by atoms with E-state index in [0.29, 0.717) is 18.6 Å². The molecule has 1 atom stereocenters. The van der Waals surface area contributed by atoms with Gasteiger partial charge in [0.05, 0.1) is 6.67 Å². The molecule has 28 heavy (non-hydrogen) atoms. The van der Waals surface area contributed by atoms with Crippen LogP contribution in [0.3, 0.4) is 0 Å². The molecular weight excluding hydrogens is 370 g/mol. The summed E-state index contributed by atoms with van der Waals surface area (Å²) in [5.74, 6) is 0.608. The minimum absolute atomic E-state index is 0.00386. The van der Waals surface area contributed by atoms with Crippen molar-refractivity contribution < 1.29 is 9.59 Å². The fourth-order valence-electron chi connectivity index (χ4n) is 5.40. The first-order valence-electron chi connectivity index (χ1n) is 10.7. The van der Waals surface area contributed by atoms with Gasteiger partial charge in [-0.15, -0.1) is 11.3 Å². The first-order chi connectivity index (χ1) is 13.2. The van der Waals surface area contributed by atoms with Gasteiger partial charge in [-0.05, 0) is 66.9 Å². The van der Waals surface area contributed by atoms with E-state index in [9.17, 15) is 9.59 Å². The molecule has 1 spiro atoms. The SMILES string of the molecule is CCC1c2ccsc2CCN1CN1C(=O)NC2(CCC(C(C)(C)C)CC2)C1=O. The van der Waals surface area contributed by atoms with Crippen LogP contribution in [0.1, 0.15) is 76.3 Å². The Morgan fingerprint density at radius 2 is 1.96 bits per heavy atom. The Balaban J connectivity index is 1.47. The molecule has 3 heterocycles. The highest BCUT2D eigenvalue weighted by Gasteiger charge is 2.53. The maximum Gasteiger partial charge on any atom is 0.326 e. The molecule has 0 radical (unpaired) electrons. The summed E-state index contributed by atoms with van der Waals surface area (Å²) in [4.78, 5) is 31.4. The minimum Gasteiger partial charge on any atom is -0.323 e. The average molecular weight is 404 g/mol. The van der Waals surface area contributed by atoms with Crippen LogP contribution in [0.5, 0.6) is 0 Å². The molecule has 3 aliphatic rings. The molecule has 154 valence electrons. The second-order valence-electron chi connectivity index (χ2n) is 9.81. The molecular formula is C22H33N3O2S. The van der Waals surface area contributed by atoms with Gasteiger partial charge in [0.2, 0.25) is 0 Å². The number of thiophene rings is 1. The van der Waals surface area contributed by atoms with E-state index < -0.39 is 5.54 Å². The van der Waals surface area contributed by atoms with Crippen molar-refractivity contribution in [2.24, 2.45) is 11.3 Å². The normalized spacial score (nSPS) is 31.4. The van der Waals surface area contributed by atoms with Gasteiger partial charge in [0, 0.05) is 17.5 Å². The summed E-state index contributed by atoms with van der Waals surface area (Å²) in [7, 11) is 0. The number of fused-ring (bicyclic) bond motifs is 1. The van der Waals surface area contributed by atoms with Gasteiger partial charge in [0.25, 0.3) is 5.91 Å². The number of imide groups is 1. The third-order valence-corrected chi connectivity index (χ3v) is 8.22. The van der Waals surface area contributed by atoms with E-state index in [2.05, 4.69) is 49.4 Å². The standard InChI is InChI=1S/C22H33N3O2S/c1-5-17-16-9-13-28-18(16)8-12-24(17)14-25-19(26)22(23-20(25)27)10-6-15(7-11-22)21(2,3)4/h9,13,15,17H,5-8,10-12,14H2,1-4H3,(H,23,27). The van der Waals surface area contributed by atoms with Gasteiger partial charge < -0.3 is 5.32 Å². The van der Waals surface area contributed by atoms with E-state index >= 15 is 0 Å². The molecule has 3 amide bonds. The number of carbonyl (C=O) groups is 2. The second kappa shape index (κ2) is 7.13. The molecule has 5 nitrogen and oxygen atoms in total. The highest BCUT2D eigenvalue weighted by Crippen LogP contribution is 2.44. The molecule has 0 bridgehead atoms. The third-order valence-electron chi connectivity index (χ3n) is 7.23. The fraction of sp³-hybridized carbons (Fsp3) is 0.727. The van der Waals surface area contributed by atoms with Crippen LogP contribution in [0.2, 0.25) is 0 Å². The summed E-state index contributed by atoms with van der Waals surface area (Å²) >= 11 is 1.82. The molecule has 1 saturated heterocycles. The van der Waals surface area contributed by atoms with Crippen molar-refractivity contribution in [3.8, 4) is 0 Å². The molecule has 1 aromatic rings. The van der Waals surface area contributed by atoms with Gasteiger partial charge >= 0.3 is 6.03 Å². The lowest BCUT2D eigenvalue weighted by Crippen LogP contribution is -2.51. The number of nitrogens with zero attached hydrogens (tertiary/aromatic N) is 2. The fourth-order valence-corrected chi connectivity index (χ4v) is 6.33. The zero-order chi connectivity index (χ0) is 20.1. The molecule has 1 aromatic heterocycles. The monoisotopic (exact) mass is 403 g/mol. The highest BCUT2D eigenvalue weighted by molar-refractivity contribution is 7.10. The minimum atomic E-state index is -0.663. The molecule has 1 N–H and O–H groups in total. The summed E-state index contributed by atoms with van der Waals surface area (Å²) in [6.45, 7) is 10.3. The van der Waals surface area contributed by atoms with Crippen molar-refractivity contribution in [1.82, 2.24) is 15.1 Å². The second-order valence-corrected chi connectivity index (χ2v) is 10.8. The predicted molar refractivity (Wildman–Crippen MR) is 112 cm³/mol. The molecule has 1 aliphatic carbocycles. The third kappa shape index (κ3) is 3.28. The Hall–Kier alpha value is -1.40. The first-order valence-corrected chi connectivity index (χ1v) is 11.6. The van der Waals surface area contributed by atoms with E-state index in [-0.39, 0.29) is 17.4 Å². The van der Waals surface area contributed by atoms with Crippen LogP contribution in [-0.2, 0) is 11.2 Å². The number of urea groups is 1. The number of carbonyl (C=O) groups excluding carboxylic acids is 2. The molecule has 4 rings (SSSR count). The molecule has 6 heteroatoms. The van der Waals surface area contributed by atoms with Gasteiger partial charge in [-0.25, -0.2) is 9.69 Å². The van der Waals surface area contributed by atoms with Gasteiger partial charge in [0.1, 0.15) is 5.54 Å². The van der Waals surface area contributed by atoms with Gasteiger partial charge in [-0.3, -0.25) is 9.69 Å². The van der Waals surface area contributed by atoms with Crippen LogP contribution in [0.4, 0.5) is 4.79 Å². The lowest BCUT2D eigenvalue weighted by Gasteiger charge is -2.41. The van der Waals surface area contributed by atoms with Crippen LogP contribution in [0.25, 0.3) is 0 Å². The maximum absolute atomic E-state index is 13.3. The van der Waals surface area contributed by atoms with E-state index in [0.717, 1.165) is 45.1 Å². The van der Waals surface area contributed by atoms with Crippen molar-refractivity contribution in [1.29, 1.82) is 0 Å². The van der Waals surface area contributed by atoms with Crippen LogP contribution >= 0.6 is 11.3 Å². The Labute approximate surface area is 172 Å². The van der Waals surface area contributed by atoms with Crippen molar-refractivity contribution in [2.75, 3.05) is 13.2 Å². The van der Waals surface area contributed by atoms with Crippen molar-refractivity contribution >= 4 is 23.3 Å². The van der Waals surface area contributed by atoms with Crippen molar-refractivity contribution in [3.63, 3.8) is 0 Å². The Morgan fingerprint density at radius 3 is 2.61 bits per heavy atom. The Kier molecular flexibility index (Phi) is 5.07. The van der Waals surface area contributed by atoms with Crippen LogP contribution in [-0.4, -0.2) is 40.5 Å². The van der Waals surface area contributed by atoms with Crippen molar-refractivity contribution in [3.05, 3.63) is 21.9 Å². The number of amides is 3. The van der Waals surface area contributed by atoms with Crippen LogP contribution in [0.15, 0.2) is 11.4 Å². The molecule has 1 unspecified atom stereocenters. The summed E-state index contributed by atoms with van der Waals surface area (Å²) in [6.07, 6.45) is 5.53. The predicted octanol–water partition coefficient (Wildman–Crippen LogP) is 4.54. The number of hydrogen-bond acceptors (Lipinski definition) is 4. The quantitative estimate of drug-likeness (QED) is 0.754. The van der Waals surface area contributed by atoms with Gasteiger partial charge in [-0.2, -0.15) is 0 Å². The summed E-state index contributed by atoms with van der Waals surface area (Å²) in [5, 5.41) is 5.25. The Bertz CT molecular complexity index is 758. The molecule has 0 aromatic carbocycles. The van der Waals surface area contributed by atoms with E-state index in [1.807, 2.05) is 11.3 Å². The van der Waals surface area contributed by atoms with Gasteiger partial charge in [-0.1, -0.05) is 27.7 Å². The number of hydrogen-bond donors (Lipinski definition) is 1. The van der Waals surface area contributed by atoms with Gasteiger partial charge in [0.15, 0.2) is 0 Å². The summed E-state index contributed by atoms with van der Waals surface area (Å²) in [5.41, 5.74) is 0.975. The van der Waals surface area contributed by atoms with E-state index in [1.165, 1.54) is 15.3 Å². The first kappa shape index (κ1) is 19.9. The zero-order valence-corrected chi connectivity index (χ0v) is 18.4. The summed E-state index contributed by atoms with van der Waals surface area (Å²) < 4.78 is 0. The van der Waals surface area contributed by atoms with Crippen LogP contribution < -0.4 is 5.32 Å². The highest BCUT2D eigenvalue weighted by atomic mass is 32.1. The number of rotatable bonds is 3. The zero-order valence-electron chi connectivity index (χ0n) is 17.6. The summed E-state index contributed by atoms with van der Waals surface area (Å²) in [6, 6.07) is 2.30. The lowest BCUT2D eigenvalue weighted by atomic mass is 9.67. The molecule has 1 saturated carbocycles. The molecule has 2 fully saturated rings. The van der Waals surface area contributed by atoms with Crippen LogP contribution in [0, 0.1) is 11.3 Å².